The van der Waals surface area contributed by atoms with Gasteiger partial charge in [0.15, 0.2) is 0 Å². The molecule has 0 saturated carbocycles. The fraction of sp³-hybridized carbons (Fsp3) is 0.933. The Morgan fingerprint density at radius 3 is 2.39 bits per heavy atom. The molecule has 1 unspecified atom stereocenters. The van der Waals surface area contributed by atoms with E-state index in [0.29, 0.717) is 5.91 Å². The number of rotatable bonds is 9. The van der Waals surface area contributed by atoms with E-state index < -0.39 is 0 Å². The van der Waals surface area contributed by atoms with Crippen molar-refractivity contribution in [1.82, 2.24) is 4.90 Å². The van der Waals surface area contributed by atoms with Crippen molar-refractivity contribution < 1.29 is 4.79 Å². The first-order valence-corrected chi connectivity index (χ1v) is 8.60. The van der Waals surface area contributed by atoms with Gasteiger partial charge in [-0.25, -0.2) is 0 Å². The van der Waals surface area contributed by atoms with Gasteiger partial charge in [0.2, 0.25) is 5.91 Å². The van der Waals surface area contributed by atoms with E-state index >= 15 is 0 Å². The third-order valence-corrected chi connectivity index (χ3v) is 4.60. The van der Waals surface area contributed by atoms with E-state index in [4.69, 9.17) is 0 Å². The molecule has 0 aromatic carbocycles. The molecule has 2 nitrogen and oxygen atoms in total. The van der Waals surface area contributed by atoms with Crippen molar-refractivity contribution >= 4 is 21.8 Å². The van der Waals surface area contributed by atoms with Crippen molar-refractivity contribution in [3.8, 4) is 0 Å². The zero-order valence-corrected chi connectivity index (χ0v) is 13.4. The summed E-state index contributed by atoms with van der Waals surface area (Å²) in [5.74, 6) is 0.309. The van der Waals surface area contributed by atoms with E-state index in [-0.39, 0.29) is 4.83 Å². The summed E-state index contributed by atoms with van der Waals surface area (Å²) < 4.78 is 0. The van der Waals surface area contributed by atoms with Gasteiger partial charge >= 0.3 is 0 Å². The molecule has 0 aromatic heterocycles. The highest BCUT2D eigenvalue weighted by Crippen LogP contribution is 2.19. The molecule has 1 heterocycles. The van der Waals surface area contributed by atoms with Crippen molar-refractivity contribution in [2.24, 2.45) is 0 Å². The first kappa shape index (κ1) is 16.0. The van der Waals surface area contributed by atoms with Crippen molar-refractivity contribution in [2.45, 2.75) is 76.0 Å². The molecule has 0 N–H and O–H groups in total. The molecule has 1 rings (SSSR count). The largest absolute Gasteiger partial charge is 0.342 e. The predicted octanol–water partition coefficient (Wildman–Crippen LogP) is 4.51. The van der Waals surface area contributed by atoms with Crippen LogP contribution in [0.25, 0.3) is 0 Å². The Bertz CT molecular complexity index is 233. The molecule has 1 saturated heterocycles. The SMILES string of the molecule is CCCCCCCCCCN1CCCC(Br)C1=O. The number of carbonyl (C=O) groups excluding carboxylic acids is 1. The zero-order chi connectivity index (χ0) is 13.2. The van der Waals surface area contributed by atoms with E-state index in [1.807, 2.05) is 4.90 Å². The van der Waals surface area contributed by atoms with Crippen LogP contribution in [0.3, 0.4) is 0 Å². The molecule has 0 aliphatic carbocycles. The van der Waals surface area contributed by atoms with Crippen LogP contribution >= 0.6 is 15.9 Å². The Labute approximate surface area is 121 Å². The van der Waals surface area contributed by atoms with Crippen LogP contribution in [0.1, 0.15) is 71.1 Å². The van der Waals surface area contributed by atoms with Crippen LogP contribution in [-0.4, -0.2) is 28.7 Å². The van der Waals surface area contributed by atoms with Gasteiger partial charge in [0.25, 0.3) is 0 Å². The molecule has 3 heteroatoms. The summed E-state index contributed by atoms with van der Waals surface area (Å²) in [5, 5.41) is 0. The number of halogens is 1. The van der Waals surface area contributed by atoms with Crippen LogP contribution in [0.2, 0.25) is 0 Å². The standard InChI is InChI=1S/C15H28BrNO/c1-2-3-4-5-6-7-8-9-12-17-13-10-11-14(16)15(17)18/h14H,2-13H2,1H3. The minimum atomic E-state index is 0.0836. The van der Waals surface area contributed by atoms with Crippen LogP contribution in [-0.2, 0) is 4.79 Å². The summed E-state index contributed by atoms with van der Waals surface area (Å²) in [6.45, 7) is 4.19. The van der Waals surface area contributed by atoms with E-state index in [0.717, 1.165) is 25.9 Å². The number of alkyl halides is 1. The third-order valence-electron chi connectivity index (χ3n) is 3.75. The number of likely N-dealkylation sites (tertiary alicyclic amines) is 1. The van der Waals surface area contributed by atoms with Gasteiger partial charge in [0.1, 0.15) is 0 Å². The molecule has 0 bridgehead atoms. The van der Waals surface area contributed by atoms with Gasteiger partial charge < -0.3 is 4.90 Å². The van der Waals surface area contributed by atoms with E-state index in [1.54, 1.807) is 0 Å². The second-order valence-electron chi connectivity index (χ2n) is 5.41. The van der Waals surface area contributed by atoms with Crippen LogP contribution in [0.15, 0.2) is 0 Å². The molecule has 1 aliphatic heterocycles. The van der Waals surface area contributed by atoms with Gasteiger partial charge in [0.05, 0.1) is 4.83 Å². The van der Waals surface area contributed by atoms with Gasteiger partial charge in [-0.2, -0.15) is 0 Å². The number of hydrogen-bond donors (Lipinski definition) is 0. The lowest BCUT2D eigenvalue weighted by molar-refractivity contribution is -0.132. The summed E-state index contributed by atoms with van der Waals surface area (Å²) in [5.41, 5.74) is 0. The molecule has 18 heavy (non-hydrogen) atoms. The maximum atomic E-state index is 11.8. The Balaban J connectivity index is 1.95. The quantitative estimate of drug-likeness (QED) is 0.452. The summed E-state index contributed by atoms with van der Waals surface area (Å²) in [7, 11) is 0. The van der Waals surface area contributed by atoms with E-state index in [2.05, 4.69) is 22.9 Å². The molecule has 1 fully saturated rings. The Morgan fingerprint density at radius 1 is 1.11 bits per heavy atom. The molecule has 1 atom stereocenters. The highest BCUT2D eigenvalue weighted by atomic mass is 79.9. The maximum Gasteiger partial charge on any atom is 0.236 e. The topological polar surface area (TPSA) is 20.3 Å². The van der Waals surface area contributed by atoms with E-state index in [9.17, 15) is 4.79 Å². The summed E-state index contributed by atoms with van der Waals surface area (Å²) in [6, 6.07) is 0. The second kappa shape index (κ2) is 9.82. The monoisotopic (exact) mass is 317 g/mol. The molecule has 1 amide bonds. The molecule has 0 aromatic rings. The van der Waals surface area contributed by atoms with Crippen LogP contribution in [0.5, 0.6) is 0 Å². The van der Waals surface area contributed by atoms with Crippen molar-refractivity contribution in [3.05, 3.63) is 0 Å². The number of carbonyl (C=O) groups is 1. The minimum absolute atomic E-state index is 0.0836. The first-order chi connectivity index (χ1) is 8.75. The third kappa shape index (κ3) is 6.21. The highest BCUT2D eigenvalue weighted by molar-refractivity contribution is 9.10. The second-order valence-corrected chi connectivity index (χ2v) is 6.52. The van der Waals surface area contributed by atoms with Gasteiger partial charge in [-0.1, -0.05) is 67.8 Å². The lowest BCUT2D eigenvalue weighted by atomic mass is 10.1. The van der Waals surface area contributed by atoms with Gasteiger partial charge in [-0.3, -0.25) is 4.79 Å². The molecular formula is C15H28BrNO. The lowest BCUT2D eigenvalue weighted by Crippen LogP contribution is -2.42. The van der Waals surface area contributed by atoms with E-state index in [1.165, 1.54) is 51.4 Å². The van der Waals surface area contributed by atoms with Crippen molar-refractivity contribution in [3.63, 3.8) is 0 Å². The zero-order valence-electron chi connectivity index (χ0n) is 11.8. The number of amides is 1. The van der Waals surface area contributed by atoms with Crippen molar-refractivity contribution in [2.75, 3.05) is 13.1 Å². The number of nitrogens with zero attached hydrogens (tertiary/aromatic N) is 1. The van der Waals surface area contributed by atoms with Crippen LogP contribution < -0.4 is 0 Å². The van der Waals surface area contributed by atoms with Gasteiger partial charge in [-0.15, -0.1) is 0 Å². The summed E-state index contributed by atoms with van der Waals surface area (Å²) in [4.78, 5) is 14.0. The Morgan fingerprint density at radius 2 is 1.72 bits per heavy atom. The van der Waals surface area contributed by atoms with Gasteiger partial charge in [0, 0.05) is 13.1 Å². The normalized spacial score (nSPS) is 20.4. The predicted molar refractivity (Wildman–Crippen MR) is 81.1 cm³/mol. The smallest absolute Gasteiger partial charge is 0.236 e. The minimum Gasteiger partial charge on any atom is -0.342 e. The number of unbranched alkanes of at least 4 members (excludes halogenated alkanes) is 7. The highest BCUT2D eigenvalue weighted by Gasteiger charge is 2.25. The Hall–Kier alpha value is -0.0500. The van der Waals surface area contributed by atoms with Crippen LogP contribution in [0, 0.1) is 0 Å². The molecular weight excluding hydrogens is 290 g/mol. The molecule has 0 radical (unpaired) electrons. The fourth-order valence-electron chi connectivity index (χ4n) is 2.55. The first-order valence-electron chi connectivity index (χ1n) is 7.68. The summed E-state index contributed by atoms with van der Waals surface area (Å²) >= 11 is 3.46. The van der Waals surface area contributed by atoms with Gasteiger partial charge in [-0.05, 0) is 19.3 Å². The van der Waals surface area contributed by atoms with Crippen molar-refractivity contribution in [1.29, 1.82) is 0 Å². The average molecular weight is 318 g/mol. The fourth-order valence-corrected chi connectivity index (χ4v) is 3.16. The summed E-state index contributed by atoms with van der Waals surface area (Å²) in [6.07, 6.45) is 12.8. The Kier molecular flexibility index (Phi) is 8.74. The molecule has 106 valence electrons. The number of piperidine rings is 1. The molecule has 0 spiro atoms. The lowest BCUT2D eigenvalue weighted by Gasteiger charge is -2.29. The maximum absolute atomic E-state index is 11.8. The average Bonchev–Trinajstić information content (AvgIpc) is 2.37. The van der Waals surface area contributed by atoms with Crippen LogP contribution in [0.4, 0.5) is 0 Å². The molecule has 1 aliphatic rings. The number of hydrogen-bond acceptors (Lipinski definition) is 1.